The average Bonchev–Trinajstić information content (AvgIpc) is 3.74. The fourth-order valence-corrected chi connectivity index (χ4v) is 12.5. The van der Waals surface area contributed by atoms with Crippen molar-refractivity contribution in [2.45, 2.75) is 134 Å². The summed E-state index contributed by atoms with van der Waals surface area (Å²) in [4.78, 5) is 54.3. The Morgan fingerprint density at radius 3 is 2.33 bits per heavy atom. The minimum atomic E-state index is -2.20. The van der Waals surface area contributed by atoms with Crippen LogP contribution in [0, 0.1) is 34.0 Å². The normalized spacial score (nSPS) is 51.2. The van der Waals surface area contributed by atoms with Crippen molar-refractivity contribution >= 4 is 23.9 Å². The molecule has 0 unspecified atom stereocenters. The van der Waals surface area contributed by atoms with E-state index in [0.717, 1.165) is 0 Å². The molecule has 4 saturated carbocycles. The summed E-state index contributed by atoms with van der Waals surface area (Å²) in [6, 6.07) is 1.75. The molecule has 1 aromatic heterocycles. The number of carbonyl (C=O) groups is 4. The number of carbonyl (C=O) groups excluding carboxylic acids is 4. The quantitative estimate of drug-likeness (QED) is 0.325. The van der Waals surface area contributed by atoms with E-state index in [1.54, 1.807) is 40.0 Å². The van der Waals surface area contributed by atoms with Crippen LogP contribution in [0.15, 0.2) is 23.0 Å². The van der Waals surface area contributed by atoms with Gasteiger partial charge in [-0.05, 0) is 31.2 Å². The fraction of sp³-hybridized carbons (Fsp3) is 0.778. The molecule has 8 rings (SSSR count). The minimum Gasteiger partial charge on any atom is -0.472 e. The number of methoxy groups -OCH3 is 1. The summed E-state index contributed by atoms with van der Waals surface area (Å²) in [5, 5.41) is 13.8. The van der Waals surface area contributed by atoms with E-state index in [1.807, 2.05) is 20.8 Å². The Morgan fingerprint density at radius 1 is 0.980 bits per heavy atom. The third-order valence-electron chi connectivity index (χ3n) is 14.2. The molecule has 0 radical (unpaired) electrons. The van der Waals surface area contributed by atoms with Gasteiger partial charge in [0.25, 0.3) is 5.97 Å². The number of hydrogen-bond acceptors (Lipinski definition) is 13. The average molecular weight is 687 g/mol. The van der Waals surface area contributed by atoms with E-state index in [0.29, 0.717) is 18.4 Å². The monoisotopic (exact) mass is 686 g/mol. The second kappa shape index (κ2) is 9.65. The fourth-order valence-electron chi connectivity index (χ4n) is 12.5. The first-order valence-corrected chi connectivity index (χ1v) is 17.4. The molecular weight excluding hydrogens is 640 g/mol. The Labute approximate surface area is 284 Å². The number of rotatable bonds is 7. The standard InChI is InChI=1S/C36H46O13/c1-9-22(37)45-28-35(41)27(46-26(40)18(2)3)30(5)17-34(35)31(6,20(30)14-23(38)42-8)33-12-11-29(4)21(36(28,33)49-32(7,47-33)48-34)15-24(39)44-25(29)19-10-13-43-16-19/h10,13,16,18,20-21,25,27-28,41H,9,11-12,14-15,17H2,1-8H3/t20-,21+,25-,27-,28+,29+,30+,31-,32+,33-,34+,35-,36+/m0/s1. The number of cyclic esters (lactones) is 1. The first-order valence-electron chi connectivity index (χ1n) is 17.4. The van der Waals surface area contributed by atoms with Crippen LogP contribution in [0.5, 0.6) is 0 Å². The zero-order valence-electron chi connectivity index (χ0n) is 29.3. The van der Waals surface area contributed by atoms with Crippen molar-refractivity contribution in [3.63, 3.8) is 0 Å². The molecule has 0 amide bonds. The van der Waals surface area contributed by atoms with Crippen molar-refractivity contribution in [2.75, 3.05) is 7.11 Å². The molecule has 268 valence electrons. The SMILES string of the molecule is CCC(=O)O[C@@H]1[C@@]2(O)[C@@H](OC(=O)C(C)C)[C@]3(C)C[C@]24O[C@]2(C)O[C@]15[C@@H]1CC(=O)O[C@@H](c6ccoc6)[C@]1(C)CC[C@]5(O2)[C@]4(C)[C@H]3CC(=O)OC. The van der Waals surface area contributed by atoms with Crippen LogP contribution >= 0.6 is 0 Å². The largest absolute Gasteiger partial charge is 0.472 e. The van der Waals surface area contributed by atoms with Gasteiger partial charge in [-0.2, -0.15) is 0 Å². The molecule has 7 aliphatic rings. The second-order valence-corrected chi connectivity index (χ2v) is 16.5. The Kier molecular flexibility index (Phi) is 6.53. The van der Waals surface area contributed by atoms with E-state index in [9.17, 15) is 24.3 Å². The molecule has 1 N–H and O–H groups in total. The molecule has 0 aromatic carbocycles. The van der Waals surface area contributed by atoms with E-state index < -0.39 is 105 Å². The molecule has 13 atom stereocenters. The van der Waals surface area contributed by atoms with Gasteiger partial charge in [-0.3, -0.25) is 19.2 Å². The van der Waals surface area contributed by atoms with E-state index in [2.05, 4.69) is 0 Å². The molecule has 1 aromatic rings. The molecule has 3 saturated heterocycles. The van der Waals surface area contributed by atoms with Crippen LogP contribution in [-0.2, 0) is 52.3 Å². The molecule has 4 aliphatic carbocycles. The van der Waals surface area contributed by atoms with Gasteiger partial charge in [-0.25, -0.2) is 0 Å². The highest BCUT2D eigenvalue weighted by atomic mass is 16.9. The van der Waals surface area contributed by atoms with Gasteiger partial charge in [0.1, 0.15) is 29.0 Å². The van der Waals surface area contributed by atoms with Crippen LogP contribution < -0.4 is 0 Å². The van der Waals surface area contributed by atoms with Crippen molar-refractivity contribution in [1.29, 1.82) is 0 Å². The lowest BCUT2D eigenvalue weighted by Crippen LogP contribution is -2.93. The number of fused-ring (bicyclic) bond motifs is 3. The predicted molar refractivity (Wildman–Crippen MR) is 164 cm³/mol. The Hall–Kier alpha value is -3.00. The highest BCUT2D eigenvalue weighted by Crippen LogP contribution is 2.89. The molecule has 13 nitrogen and oxygen atoms in total. The molecule has 49 heavy (non-hydrogen) atoms. The number of esters is 4. The topological polar surface area (TPSA) is 166 Å². The third-order valence-corrected chi connectivity index (χ3v) is 14.2. The lowest BCUT2D eigenvalue weighted by atomic mass is 9.33. The summed E-state index contributed by atoms with van der Waals surface area (Å²) in [5.41, 5.74) is -9.37. The molecular formula is C36H46O13. The number of hydrogen-bond donors (Lipinski definition) is 1. The van der Waals surface area contributed by atoms with Gasteiger partial charge in [-0.15, -0.1) is 0 Å². The Morgan fingerprint density at radius 2 is 1.69 bits per heavy atom. The van der Waals surface area contributed by atoms with E-state index >= 15 is 0 Å². The van der Waals surface area contributed by atoms with Gasteiger partial charge < -0.3 is 42.7 Å². The zero-order chi connectivity index (χ0) is 35.4. The first-order chi connectivity index (χ1) is 22.9. The number of furan rings is 1. The highest BCUT2D eigenvalue weighted by Gasteiger charge is 3.04. The van der Waals surface area contributed by atoms with Crippen molar-refractivity contribution < 1.29 is 61.9 Å². The van der Waals surface area contributed by atoms with Crippen molar-refractivity contribution in [1.82, 2.24) is 0 Å². The lowest BCUT2D eigenvalue weighted by Gasteiger charge is -2.77. The maximum Gasteiger partial charge on any atom is 0.308 e. The van der Waals surface area contributed by atoms with Crippen LogP contribution in [0.3, 0.4) is 0 Å². The maximum absolute atomic E-state index is 13.8. The Bertz CT molecular complexity index is 1640. The van der Waals surface area contributed by atoms with Crippen LogP contribution in [0.25, 0.3) is 0 Å². The molecule has 2 spiro atoms. The summed E-state index contributed by atoms with van der Waals surface area (Å²) in [5.74, 6) is -5.93. The number of ether oxygens (including phenoxy) is 7. The lowest BCUT2D eigenvalue weighted by molar-refractivity contribution is -0.478. The number of aliphatic hydroxyl groups is 1. The van der Waals surface area contributed by atoms with Gasteiger partial charge in [0, 0.05) is 47.5 Å². The molecule has 13 heteroatoms. The smallest absolute Gasteiger partial charge is 0.308 e. The third kappa shape index (κ3) is 3.38. The van der Waals surface area contributed by atoms with Gasteiger partial charge in [0.15, 0.2) is 11.7 Å². The van der Waals surface area contributed by atoms with Crippen LogP contribution in [0.1, 0.15) is 98.7 Å². The predicted octanol–water partition coefficient (Wildman–Crippen LogP) is 3.89. The highest BCUT2D eigenvalue weighted by molar-refractivity contribution is 5.75. The second-order valence-electron chi connectivity index (χ2n) is 16.5. The summed E-state index contributed by atoms with van der Waals surface area (Å²) >= 11 is 0. The van der Waals surface area contributed by atoms with Crippen LogP contribution in [-0.4, -0.2) is 76.7 Å². The zero-order valence-corrected chi connectivity index (χ0v) is 29.3. The van der Waals surface area contributed by atoms with Gasteiger partial charge >= 0.3 is 23.9 Å². The molecule has 4 bridgehead atoms. The summed E-state index contributed by atoms with van der Waals surface area (Å²) in [7, 11) is 1.32. The van der Waals surface area contributed by atoms with Crippen molar-refractivity contribution in [3.8, 4) is 0 Å². The van der Waals surface area contributed by atoms with E-state index in [1.165, 1.54) is 13.4 Å². The summed E-state index contributed by atoms with van der Waals surface area (Å²) in [6.45, 7) is 12.5. The van der Waals surface area contributed by atoms with Crippen molar-refractivity contribution in [3.05, 3.63) is 24.2 Å². The van der Waals surface area contributed by atoms with Crippen molar-refractivity contribution in [2.24, 2.45) is 34.0 Å². The van der Waals surface area contributed by atoms with Gasteiger partial charge in [0.2, 0.25) is 0 Å². The summed E-state index contributed by atoms with van der Waals surface area (Å²) in [6.07, 6.45) is 0.132. The molecule has 3 aliphatic heterocycles. The molecule has 7 fully saturated rings. The van der Waals surface area contributed by atoms with Gasteiger partial charge in [0.05, 0.1) is 32.0 Å². The molecule has 4 heterocycles. The van der Waals surface area contributed by atoms with E-state index in [-0.39, 0.29) is 25.7 Å². The summed E-state index contributed by atoms with van der Waals surface area (Å²) < 4.78 is 50.8. The van der Waals surface area contributed by atoms with Crippen LogP contribution in [0.2, 0.25) is 0 Å². The van der Waals surface area contributed by atoms with Crippen LogP contribution in [0.4, 0.5) is 0 Å². The maximum atomic E-state index is 13.8. The first kappa shape index (κ1) is 33.2. The van der Waals surface area contributed by atoms with Gasteiger partial charge in [-0.1, -0.05) is 41.5 Å². The minimum absolute atomic E-state index is 0.0286. The Balaban J connectivity index is 1.45. The van der Waals surface area contributed by atoms with E-state index in [4.69, 9.17) is 37.6 Å².